The van der Waals surface area contributed by atoms with Crippen molar-refractivity contribution in [3.8, 4) is 0 Å². The van der Waals surface area contributed by atoms with Gasteiger partial charge < -0.3 is 10.2 Å². The van der Waals surface area contributed by atoms with Gasteiger partial charge in [-0.2, -0.15) is 0 Å². The first kappa shape index (κ1) is 27.2. The van der Waals surface area contributed by atoms with Gasteiger partial charge in [0.15, 0.2) is 0 Å². The predicted molar refractivity (Wildman–Crippen MR) is 142 cm³/mol. The Bertz CT molecular complexity index is 1320. The summed E-state index contributed by atoms with van der Waals surface area (Å²) in [5, 5.41) is 3.18. The molecule has 0 aliphatic heterocycles. The van der Waals surface area contributed by atoms with E-state index in [1.165, 1.54) is 17.0 Å². The summed E-state index contributed by atoms with van der Waals surface area (Å²) in [6, 6.07) is 21.1. The zero-order valence-electron chi connectivity index (χ0n) is 20.5. The van der Waals surface area contributed by atoms with Crippen molar-refractivity contribution in [2.24, 2.45) is 0 Å². The number of para-hydroxylation sites is 1. The Morgan fingerprint density at radius 3 is 2.19 bits per heavy atom. The average Bonchev–Trinajstić information content (AvgIpc) is 2.87. The molecule has 0 aromatic heterocycles. The summed E-state index contributed by atoms with van der Waals surface area (Å²) in [7, 11) is -4.08. The molecule has 0 spiro atoms. The van der Waals surface area contributed by atoms with Crippen LogP contribution in [0.3, 0.4) is 0 Å². The van der Waals surface area contributed by atoms with Crippen molar-refractivity contribution in [1.29, 1.82) is 0 Å². The number of halogens is 1. The molecule has 190 valence electrons. The highest BCUT2D eigenvalue weighted by Gasteiger charge is 2.33. The van der Waals surface area contributed by atoms with Gasteiger partial charge in [0, 0.05) is 18.1 Å². The van der Waals surface area contributed by atoms with Crippen molar-refractivity contribution in [2.45, 2.75) is 38.3 Å². The molecule has 0 bridgehead atoms. The summed E-state index contributed by atoms with van der Waals surface area (Å²) in [4.78, 5) is 27.9. The Morgan fingerprint density at radius 2 is 1.56 bits per heavy atom. The molecule has 1 atom stereocenters. The van der Waals surface area contributed by atoms with Crippen molar-refractivity contribution in [3.05, 3.63) is 95.0 Å². The normalized spacial score (nSPS) is 12.0. The van der Waals surface area contributed by atoms with E-state index < -0.39 is 28.5 Å². The van der Waals surface area contributed by atoms with E-state index in [2.05, 4.69) is 5.32 Å². The first-order chi connectivity index (χ1) is 17.2. The van der Waals surface area contributed by atoms with Crippen LogP contribution in [0.5, 0.6) is 0 Å². The molecule has 3 aromatic rings. The maximum atomic E-state index is 13.8. The number of nitrogens with one attached hydrogen (secondary N) is 1. The average molecular weight is 528 g/mol. The van der Waals surface area contributed by atoms with E-state index in [0.717, 1.165) is 4.31 Å². The molecule has 3 aromatic carbocycles. The molecule has 0 saturated carbocycles. The molecule has 0 saturated heterocycles. The SMILES string of the molecule is CCNC(=O)C(C)N(Cc1ccccc1Cl)C(=O)CN(c1ccccc1C)S(=O)(=O)c1ccccc1. The second-order valence-electron chi connectivity index (χ2n) is 8.29. The zero-order valence-corrected chi connectivity index (χ0v) is 22.1. The van der Waals surface area contributed by atoms with Crippen molar-refractivity contribution in [1.82, 2.24) is 10.2 Å². The topological polar surface area (TPSA) is 86.8 Å². The van der Waals surface area contributed by atoms with Crippen LogP contribution < -0.4 is 9.62 Å². The third kappa shape index (κ3) is 6.25. The van der Waals surface area contributed by atoms with Crippen LogP contribution in [0, 0.1) is 6.92 Å². The third-order valence-electron chi connectivity index (χ3n) is 5.81. The van der Waals surface area contributed by atoms with Crippen LogP contribution in [0.4, 0.5) is 5.69 Å². The molecule has 1 unspecified atom stereocenters. The maximum Gasteiger partial charge on any atom is 0.264 e. The van der Waals surface area contributed by atoms with Crippen LogP contribution in [0.2, 0.25) is 5.02 Å². The highest BCUT2D eigenvalue weighted by Crippen LogP contribution is 2.27. The van der Waals surface area contributed by atoms with E-state index in [0.29, 0.717) is 28.4 Å². The van der Waals surface area contributed by atoms with Crippen LogP contribution in [-0.2, 0) is 26.2 Å². The third-order valence-corrected chi connectivity index (χ3v) is 7.95. The summed E-state index contributed by atoms with van der Waals surface area (Å²) in [6.07, 6.45) is 0. The van der Waals surface area contributed by atoms with Crippen molar-refractivity contribution >= 4 is 39.1 Å². The van der Waals surface area contributed by atoms with Crippen LogP contribution in [0.1, 0.15) is 25.0 Å². The molecule has 0 heterocycles. The van der Waals surface area contributed by atoms with E-state index >= 15 is 0 Å². The monoisotopic (exact) mass is 527 g/mol. The number of benzene rings is 3. The van der Waals surface area contributed by atoms with E-state index in [-0.39, 0.29) is 17.3 Å². The first-order valence-corrected chi connectivity index (χ1v) is 13.4. The molecule has 0 radical (unpaired) electrons. The minimum absolute atomic E-state index is 0.0454. The molecular weight excluding hydrogens is 498 g/mol. The van der Waals surface area contributed by atoms with E-state index in [9.17, 15) is 18.0 Å². The van der Waals surface area contributed by atoms with E-state index in [4.69, 9.17) is 11.6 Å². The number of sulfonamides is 1. The van der Waals surface area contributed by atoms with Crippen LogP contribution in [0.25, 0.3) is 0 Å². The number of hydrogen-bond donors (Lipinski definition) is 1. The fourth-order valence-electron chi connectivity index (χ4n) is 3.79. The van der Waals surface area contributed by atoms with Crippen LogP contribution in [0.15, 0.2) is 83.8 Å². The van der Waals surface area contributed by atoms with Gasteiger partial charge in [-0.15, -0.1) is 0 Å². The Kier molecular flexibility index (Phi) is 9.12. The smallest absolute Gasteiger partial charge is 0.264 e. The van der Waals surface area contributed by atoms with Gasteiger partial charge in [0.05, 0.1) is 10.6 Å². The number of amides is 2. The van der Waals surface area contributed by atoms with Gasteiger partial charge in [-0.05, 0) is 56.2 Å². The lowest BCUT2D eigenvalue weighted by atomic mass is 10.1. The number of carbonyl (C=O) groups excluding carboxylic acids is 2. The van der Waals surface area contributed by atoms with Crippen molar-refractivity contribution < 1.29 is 18.0 Å². The van der Waals surface area contributed by atoms with Gasteiger partial charge >= 0.3 is 0 Å². The standard InChI is InChI=1S/C27H30ClN3O4S/c1-4-29-27(33)21(3)30(18-22-13-9-10-16-24(22)28)26(32)19-31(25-17-11-8-12-20(25)2)36(34,35)23-14-6-5-7-15-23/h5-17,21H,4,18-19H2,1-3H3,(H,29,33). The Morgan fingerprint density at radius 1 is 0.944 bits per heavy atom. The van der Waals surface area contributed by atoms with Gasteiger partial charge in [-0.3, -0.25) is 13.9 Å². The first-order valence-electron chi connectivity index (χ1n) is 11.6. The molecule has 0 fully saturated rings. The second kappa shape index (κ2) is 12.1. The van der Waals surface area contributed by atoms with Gasteiger partial charge in [0.2, 0.25) is 11.8 Å². The molecule has 7 nitrogen and oxygen atoms in total. The number of aryl methyl sites for hydroxylation is 1. The van der Waals surface area contributed by atoms with Crippen molar-refractivity contribution in [2.75, 3.05) is 17.4 Å². The van der Waals surface area contributed by atoms with Crippen LogP contribution in [-0.4, -0.2) is 44.3 Å². The molecular formula is C27H30ClN3O4S. The molecule has 3 rings (SSSR count). The van der Waals surface area contributed by atoms with E-state index in [1.807, 2.05) is 0 Å². The fraction of sp³-hybridized carbons (Fsp3) is 0.259. The Labute approximate surface area is 217 Å². The number of hydrogen-bond acceptors (Lipinski definition) is 4. The lowest BCUT2D eigenvalue weighted by Crippen LogP contribution is -2.51. The highest BCUT2D eigenvalue weighted by atomic mass is 35.5. The molecule has 1 N–H and O–H groups in total. The lowest BCUT2D eigenvalue weighted by molar-refractivity contribution is -0.139. The zero-order chi connectivity index (χ0) is 26.3. The van der Waals surface area contributed by atoms with Crippen LogP contribution >= 0.6 is 11.6 Å². The maximum absolute atomic E-state index is 13.8. The number of likely N-dealkylation sites (N-methyl/N-ethyl adjacent to an activating group) is 1. The summed E-state index contributed by atoms with van der Waals surface area (Å²) >= 11 is 6.35. The van der Waals surface area contributed by atoms with Gasteiger partial charge in [0.25, 0.3) is 10.0 Å². The summed E-state index contributed by atoms with van der Waals surface area (Å²) in [5.41, 5.74) is 1.73. The quantitative estimate of drug-likeness (QED) is 0.423. The van der Waals surface area contributed by atoms with Crippen molar-refractivity contribution in [3.63, 3.8) is 0 Å². The van der Waals surface area contributed by atoms with Gasteiger partial charge in [-0.1, -0.05) is 66.2 Å². The lowest BCUT2D eigenvalue weighted by Gasteiger charge is -2.32. The summed E-state index contributed by atoms with van der Waals surface area (Å²) < 4.78 is 28.5. The number of carbonyl (C=O) groups is 2. The minimum atomic E-state index is -4.08. The number of nitrogens with zero attached hydrogens (tertiary/aromatic N) is 2. The summed E-state index contributed by atoms with van der Waals surface area (Å²) in [6.45, 7) is 5.14. The summed E-state index contributed by atoms with van der Waals surface area (Å²) in [5.74, 6) is -0.873. The Hall–Kier alpha value is -3.36. The minimum Gasteiger partial charge on any atom is -0.355 e. The Balaban J connectivity index is 2.04. The molecule has 0 aliphatic carbocycles. The predicted octanol–water partition coefficient (Wildman–Crippen LogP) is 4.40. The molecule has 36 heavy (non-hydrogen) atoms. The molecule has 2 amide bonds. The largest absolute Gasteiger partial charge is 0.355 e. The highest BCUT2D eigenvalue weighted by molar-refractivity contribution is 7.92. The molecule has 0 aliphatic rings. The fourth-order valence-corrected chi connectivity index (χ4v) is 5.49. The number of rotatable bonds is 10. The second-order valence-corrected chi connectivity index (χ2v) is 10.6. The van der Waals surface area contributed by atoms with E-state index in [1.54, 1.807) is 87.5 Å². The van der Waals surface area contributed by atoms with Gasteiger partial charge in [0.1, 0.15) is 12.6 Å². The number of anilines is 1. The molecule has 9 heteroatoms. The van der Waals surface area contributed by atoms with Gasteiger partial charge in [-0.25, -0.2) is 8.42 Å².